The maximum absolute atomic E-state index is 12.8. The summed E-state index contributed by atoms with van der Waals surface area (Å²) in [6, 6.07) is 17.3. The van der Waals surface area contributed by atoms with Crippen LogP contribution in [0.5, 0.6) is 5.75 Å². The Morgan fingerprint density at radius 2 is 1.88 bits per heavy atom. The average molecular weight is 447 g/mol. The van der Waals surface area contributed by atoms with Crippen LogP contribution in [-0.2, 0) is 20.9 Å². The fourth-order valence-corrected chi connectivity index (χ4v) is 3.88. The first-order chi connectivity index (χ1) is 16.0. The molecule has 0 spiro atoms. The Morgan fingerprint density at radius 3 is 2.55 bits per heavy atom. The summed E-state index contributed by atoms with van der Waals surface area (Å²) < 4.78 is 16.4. The number of methoxy groups -OCH3 is 1. The monoisotopic (exact) mass is 447 g/mol. The van der Waals surface area contributed by atoms with Gasteiger partial charge in [-0.3, -0.25) is 9.59 Å². The number of ether oxygens (including phenoxy) is 2. The molecule has 1 atom stereocenters. The van der Waals surface area contributed by atoms with Crippen LogP contribution in [0.15, 0.2) is 76.9 Å². The molecule has 0 saturated carbocycles. The number of aliphatic hydroxyl groups excluding tert-OH is 1. The first kappa shape index (κ1) is 22.4. The highest BCUT2D eigenvalue weighted by Crippen LogP contribution is 2.39. The van der Waals surface area contributed by atoms with Crippen LogP contribution in [-0.4, -0.2) is 42.0 Å². The summed E-state index contributed by atoms with van der Waals surface area (Å²) in [5, 5.41) is 11.0. The van der Waals surface area contributed by atoms with E-state index in [0.717, 1.165) is 11.1 Å². The predicted octanol–water partition coefficient (Wildman–Crippen LogP) is 4.24. The van der Waals surface area contributed by atoms with Crippen LogP contribution in [0.2, 0.25) is 0 Å². The zero-order valence-electron chi connectivity index (χ0n) is 18.5. The van der Waals surface area contributed by atoms with E-state index < -0.39 is 17.7 Å². The Labute approximate surface area is 191 Å². The van der Waals surface area contributed by atoms with E-state index in [1.165, 1.54) is 18.3 Å². The van der Waals surface area contributed by atoms with Crippen molar-refractivity contribution >= 4 is 17.4 Å². The molecule has 1 saturated heterocycles. The zero-order valence-corrected chi connectivity index (χ0v) is 18.5. The maximum atomic E-state index is 12.8. The molecule has 1 aliphatic heterocycles. The largest absolute Gasteiger partial charge is 0.507 e. The molecule has 0 bridgehead atoms. The van der Waals surface area contributed by atoms with Crippen LogP contribution >= 0.6 is 0 Å². The summed E-state index contributed by atoms with van der Waals surface area (Å²) >= 11 is 0. The molecule has 1 unspecified atom stereocenters. The van der Waals surface area contributed by atoms with Gasteiger partial charge in [0.05, 0.1) is 18.4 Å². The highest BCUT2D eigenvalue weighted by atomic mass is 16.5. The van der Waals surface area contributed by atoms with Gasteiger partial charge >= 0.3 is 0 Å². The number of rotatable bonds is 8. The van der Waals surface area contributed by atoms with Gasteiger partial charge in [0.2, 0.25) is 0 Å². The Bertz CT molecular complexity index is 1160. The lowest BCUT2D eigenvalue weighted by Gasteiger charge is -2.22. The lowest BCUT2D eigenvalue weighted by Crippen LogP contribution is -2.32. The molecule has 1 N–H and O–H groups in total. The van der Waals surface area contributed by atoms with E-state index in [2.05, 4.69) is 6.07 Å². The van der Waals surface area contributed by atoms with E-state index in [1.54, 1.807) is 36.4 Å². The second kappa shape index (κ2) is 9.75. The number of ketones is 1. The molecule has 0 radical (unpaired) electrons. The minimum atomic E-state index is -0.826. The van der Waals surface area contributed by atoms with Crippen LogP contribution in [0.4, 0.5) is 0 Å². The van der Waals surface area contributed by atoms with Crippen molar-refractivity contribution in [2.75, 3.05) is 20.3 Å². The lowest BCUT2D eigenvalue weighted by atomic mass is 9.99. The Hall–Kier alpha value is -3.84. The van der Waals surface area contributed by atoms with E-state index in [0.29, 0.717) is 23.7 Å². The SMILES string of the molecule is COCCN1C(=O)C(=O)/C(=C(\O)c2ccc(OCc3cccc(C)c3)cc2)C1c1ccco1. The van der Waals surface area contributed by atoms with E-state index in [-0.39, 0.29) is 24.5 Å². The summed E-state index contributed by atoms with van der Waals surface area (Å²) in [4.78, 5) is 26.9. The first-order valence-corrected chi connectivity index (χ1v) is 10.6. The van der Waals surface area contributed by atoms with E-state index >= 15 is 0 Å². The van der Waals surface area contributed by atoms with Crippen LogP contribution in [0.25, 0.3) is 5.76 Å². The number of benzene rings is 2. The van der Waals surface area contributed by atoms with E-state index in [4.69, 9.17) is 13.9 Å². The number of Topliss-reactive ketones (excluding diaryl/α,β-unsaturated/α-hetero) is 1. The molecule has 1 fully saturated rings. The summed E-state index contributed by atoms with van der Waals surface area (Å²) in [6.45, 7) is 2.87. The van der Waals surface area contributed by atoms with Crippen LogP contribution < -0.4 is 4.74 Å². The number of amides is 1. The van der Waals surface area contributed by atoms with Crippen molar-refractivity contribution in [3.8, 4) is 5.75 Å². The second-order valence-corrected chi connectivity index (χ2v) is 7.80. The molecular weight excluding hydrogens is 422 g/mol. The van der Waals surface area contributed by atoms with Crippen molar-refractivity contribution in [3.63, 3.8) is 0 Å². The quantitative estimate of drug-likeness (QED) is 0.316. The summed E-state index contributed by atoms with van der Waals surface area (Å²) in [5.74, 6) is -0.709. The van der Waals surface area contributed by atoms with Crippen molar-refractivity contribution in [1.82, 2.24) is 4.90 Å². The maximum Gasteiger partial charge on any atom is 0.295 e. The van der Waals surface area contributed by atoms with Gasteiger partial charge in [-0.2, -0.15) is 0 Å². The number of carbonyl (C=O) groups is 2. The number of carbonyl (C=O) groups excluding carboxylic acids is 2. The van der Waals surface area contributed by atoms with Crippen molar-refractivity contribution in [3.05, 3.63) is 95.0 Å². The summed E-state index contributed by atoms with van der Waals surface area (Å²) in [6.07, 6.45) is 1.46. The second-order valence-electron chi connectivity index (χ2n) is 7.80. The smallest absolute Gasteiger partial charge is 0.295 e. The minimum Gasteiger partial charge on any atom is -0.507 e. The highest BCUT2D eigenvalue weighted by Gasteiger charge is 2.47. The highest BCUT2D eigenvalue weighted by molar-refractivity contribution is 6.46. The van der Waals surface area contributed by atoms with Crippen LogP contribution in [0, 0.1) is 6.92 Å². The van der Waals surface area contributed by atoms with Crippen molar-refractivity contribution in [2.24, 2.45) is 0 Å². The zero-order chi connectivity index (χ0) is 23.4. The normalized spacial score (nSPS) is 17.5. The van der Waals surface area contributed by atoms with Crippen LogP contribution in [0.3, 0.4) is 0 Å². The Kier molecular flexibility index (Phi) is 6.60. The topological polar surface area (TPSA) is 89.2 Å². The molecule has 2 aromatic carbocycles. The third-order valence-corrected chi connectivity index (χ3v) is 5.50. The Morgan fingerprint density at radius 1 is 1.09 bits per heavy atom. The summed E-state index contributed by atoms with van der Waals surface area (Å²) in [5.41, 5.74) is 2.60. The van der Waals surface area contributed by atoms with Gasteiger partial charge in [-0.1, -0.05) is 29.8 Å². The molecule has 1 aliphatic rings. The van der Waals surface area contributed by atoms with E-state index in [9.17, 15) is 14.7 Å². The number of aryl methyl sites for hydroxylation is 1. The van der Waals surface area contributed by atoms with Crippen molar-refractivity contribution in [1.29, 1.82) is 0 Å². The van der Waals surface area contributed by atoms with Crippen LogP contribution in [0.1, 0.15) is 28.5 Å². The van der Waals surface area contributed by atoms with Gasteiger partial charge in [-0.05, 0) is 48.9 Å². The predicted molar refractivity (Wildman–Crippen MR) is 122 cm³/mol. The summed E-state index contributed by atoms with van der Waals surface area (Å²) in [7, 11) is 1.51. The first-order valence-electron chi connectivity index (χ1n) is 10.6. The molecule has 0 aliphatic carbocycles. The van der Waals surface area contributed by atoms with Gasteiger partial charge in [-0.25, -0.2) is 0 Å². The fourth-order valence-electron chi connectivity index (χ4n) is 3.88. The molecule has 2 heterocycles. The molecule has 170 valence electrons. The average Bonchev–Trinajstić information content (AvgIpc) is 3.43. The Balaban J connectivity index is 1.60. The number of aliphatic hydroxyl groups is 1. The molecule has 3 aromatic rings. The third kappa shape index (κ3) is 4.68. The molecular formula is C26H25NO6. The van der Waals surface area contributed by atoms with Gasteiger partial charge in [0.1, 0.15) is 29.9 Å². The standard InChI is InChI=1S/C26H25NO6/c1-17-5-3-6-18(15-17)16-33-20-10-8-19(9-11-20)24(28)22-23(21-7-4-13-32-21)27(12-14-31-2)26(30)25(22)29/h3-11,13,15,23,28H,12,14,16H2,1-2H3/b24-22-. The molecule has 4 rings (SSSR count). The van der Waals surface area contributed by atoms with Gasteiger partial charge in [0.15, 0.2) is 0 Å². The van der Waals surface area contributed by atoms with Gasteiger partial charge in [-0.15, -0.1) is 0 Å². The third-order valence-electron chi connectivity index (χ3n) is 5.50. The minimum absolute atomic E-state index is 0.0144. The van der Waals surface area contributed by atoms with Gasteiger partial charge in [0.25, 0.3) is 11.7 Å². The molecule has 33 heavy (non-hydrogen) atoms. The number of likely N-dealkylation sites (tertiary alicyclic amines) is 1. The van der Waals surface area contributed by atoms with Crippen molar-refractivity contribution < 1.29 is 28.6 Å². The number of furan rings is 1. The molecule has 7 nitrogen and oxygen atoms in total. The number of hydrogen-bond acceptors (Lipinski definition) is 6. The lowest BCUT2D eigenvalue weighted by molar-refractivity contribution is -0.140. The molecule has 7 heteroatoms. The number of hydrogen-bond donors (Lipinski definition) is 1. The van der Waals surface area contributed by atoms with E-state index in [1.807, 2.05) is 25.1 Å². The van der Waals surface area contributed by atoms with Gasteiger partial charge in [0, 0.05) is 19.2 Å². The molecule has 1 amide bonds. The fraction of sp³-hybridized carbons (Fsp3) is 0.231. The molecule has 1 aromatic heterocycles. The number of nitrogens with zero attached hydrogens (tertiary/aromatic N) is 1. The van der Waals surface area contributed by atoms with Gasteiger partial charge < -0.3 is 23.9 Å². The van der Waals surface area contributed by atoms with Crippen molar-refractivity contribution in [2.45, 2.75) is 19.6 Å².